The number of benzene rings is 2. The van der Waals surface area contributed by atoms with Gasteiger partial charge in [0, 0.05) is 11.6 Å². The van der Waals surface area contributed by atoms with E-state index in [2.05, 4.69) is 0 Å². The topological polar surface area (TPSA) is 87.8 Å². The normalized spacial score (nSPS) is 15.2. The number of amides is 2. The summed E-state index contributed by atoms with van der Waals surface area (Å²) in [6, 6.07) is 15.2. The average molecular weight is 454 g/mol. The number of carbonyl (C=O) groups excluding carboxylic acids is 2. The van der Waals surface area contributed by atoms with Gasteiger partial charge in [-0.05, 0) is 60.1 Å². The minimum absolute atomic E-state index is 0.0784. The molecule has 31 heavy (non-hydrogen) atoms. The summed E-state index contributed by atoms with van der Waals surface area (Å²) in [7, 11) is 0. The van der Waals surface area contributed by atoms with Crippen LogP contribution in [-0.4, -0.2) is 27.1 Å². The number of furan rings is 1. The number of nitrogens with zero attached hydrogens (tertiary/aromatic N) is 1. The predicted octanol–water partition coefficient (Wildman–Crippen LogP) is 5.84. The Labute approximate surface area is 187 Å². The molecule has 2 heterocycles. The Hall–Kier alpha value is -3.29. The Morgan fingerprint density at radius 3 is 2.68 bits per heavy atom. The molecule has 3 aromatic rings. The lowest BCUT2D eigenvalue weighted by molar-refractivity contribution is -0.123. The first-order valence-corrected chi connectivity index (χ1v) is 10.5. The third-order valence-electron chi connectivity index (χ3n) is 4.84. The highest BCUT2D eigenvalue weighted by Gasteiger charge is 2.35. The lowest BCUT2D eigenvalue weighted by Gasteiger charge is -2.14. The molecule has 0 unspecified atom stereocenters. The summed E-state index contributed by atoms with van der Waals surface area (Å²) >= 11 is 7.04. The van der Waals surface area contributed by atoms with E-state index in [-0.39, 0.29) is 28.2 Å². The van der Waals surface area contributed by atoms with Crippen molar-refractivity contribution in [3.05, 3.63) is 87.0 Å². The Morgan fingerprint density at radius 1 is 1.16 bits per heavy atom. The molecule has 0 radical (unpaired) electrons. The van der Waals surface area contributed by atoms with Crippen LogP contribution < -0.4 is 0 Å². The van der Waals surface area contributed by atoms with Crippen LogP contribution in [0.1, 0.15) is 27.2 Å². The number of aryl methyl sites for hydroxylation is 1. The molecule has 1 saturated heterocycles. The van der Waals surface area contributed by atoms with Gasteiger partial charge in [-0.3, -0.25) is 14.5 Å². The average Bonchev–Trinajstić information content (AvgIpc) is 3.30. The molecule has 6 nitrogen and oxygen atoms in total. The molecule has 156 valence electrons. The molecule has 8 heteroatoms. The van der Waals surface area contributed by atoms with E-state index >= 15 is 0 Å². The molecular weight excluding hydrogens is 438 g/mol. The molecule has 1 N–H and O–H groups in total. The summed E-state index contributed by atoms with van der Waals surface area (Å²) in [6.45, 7) is 2.13. The van der Waals surface area contributed by atoms with Crippen LogP contribution in [0, 0.1) is 6.92 Å². The fourth-order valence-electron chi connectivity index (χ4n) is 3.15. The Morgan fingerprint density at radius 2 is 1.94 bits per heavy atom. The first-order chi connectivity index (χ1) is 14.8. The maximum absolute atomic E-state index is 12.8. The third-order valence-corrected chi connectivity index (χ3v) is 6.08. The Kier molecular flexibility index (Phi) is 5.71. The molecule has 0 bridgehead atoms. The number of hydrogen-bond donors (Lipinski definition) is 1. The molecule has 0 saturated carbocycles. The zero-order valence-electron chi connectivity index (χ0n) is 16.3. The highest BCUT2D eigenvalue weighted by Crippen LogP contribution is 2.35. The first-order valence-electron chi connectivity index (χ1n) is 9.26. The largest absolute Gasteiger partial charge is 0.478 e. The van der Waals surface area contributed by atoms with Crippen molar-refractivity contribution >= 4 is 46.6 Å². The summed E-state index contributed by atoms with van der Waals surface area (Å²) in [6.07, 6.45) is 1.50. The number of rotatable bonds is 5. The minimum Gasteiger partial charge on any atom is -0.478 e. The van der Waals surface area contributed by atoms with Crippen molar-refractivity contribution in [2.75, 3.05) is 0 Å². The van der Waals surface area contributed by atoms with E-state index < -0.39 is 5.97 Å². The molecule has 1 fully saturated rings. The van der Waals surface area contributed by atoms with E-state index in [1.165, 1.54) is 29.2 Å². The van der Waals surface area contributed by atoms with E-state index in [4.69, 9.17) is 16.0 Å². The van der Waals surface area contributed by atoms with Gasteiger partial charge < -0.3 is 9.52 Å². The number of carboxylic acids is 1. The molecular formula is C23H16ClNO5S. The number of carboxylic acid groups (broad SMARTS) is 1. The fraction of sp³-hybridized carbons (Fsp3) is 0.0870. The SMILES string of the molecule is Cc1ccccc1CN1C(=O)S/C(=C\c2ccc(-c3cc(C(=O)O)ccc3Cl)o2)C1=O. The number of carbonyl (C=O) groups is 3. The number of aromatic carboxylic acids is 1. The summed E-state index contributed by atoms with van der Waals surface area (Å²) in [5.74, 6) is -0.749. The zero-order valence-corrected chi connectivity index (χ0v) is 17.9. The van der Waals surface area contributed by atoms with Crippen molar-refractivity contribution in [1.82, 2.24) is 4.90 Å². The van der Waals surface area contributed by atoms with Gasteiger partial charge in [-0.15, -0.1) is 0 Å². The summed E-state index contributed by atoms with van der Waals surface area (Å²) in [4.78, 5) is 37.9. The van der Waals surface area contributed by atoms with Gasteiger partial charge >= 0.3 is 5.97 Å². The summed E-state index contributed by atoms with van der Waals surface area (Å²) in [5.41, 5.74) is 2.41. The third kappa shape index (κ3) is 4.28. The standard InChI is InChI=1S/C23H16ClNO5S/c1-13-4-2-3-5-15(13)12-25-21(26)20(31-23(25)29)11-16-7-9-19(30-16)17-10-14(22(27)28)6-8-18(17)24/h2-11H,12H2,1H3,(H,27,28)/b20-11-. The van der Waals surface area contributed by atoms with Crippen LogP contribution in [0.5, 0.6) is 0 Å². The van der Waals surface area contributed by atoms with Crippen LogP contribution in [0.2, 0.25) is 5.02 Å². The molecule has 1 aromatic heterocycles. The van der Waals surface area contributed by atoms with E-state index in [0.717, 1.165) is 22.9 Å². The molecule has 0 atom stereocenters. The van der Waals surface area contributed by atoms with Gasteiger partial charge in [-0.2, -0.15) is 0 Å². The molecule has 2 aromatic carbocycles. The summed E-state index contributed by atoms with van der Waals surface area (Å²) < 4.78 is 5.75. The second-order valence-corrected chi connectivity index (χ2v) is 8.30. The zero-order chi connectivity index (χ0) is 22.1. The number of imide groups is 1. The van der Waals surface area contributed by atoms with E-state index in [9.17, 15) is 19.5 Å². The molecule has 0 aliphatic carbocycles. The second-order valence-electron chi connectivity index (χ2n) is 6.90. The van der Waals surface area contributed by atoms with Crippen LogP contribution >= 0.6 is 23.4 Å². The van der Waals surface area contributed by atoms with Crippen LogP contribution in [0.25, 0.3) is 17.4 Å². The van der Waals surface area contributed by atoms with Crippen molar-refractivity contribution in [3.8, 4) is 11.3 Å². The molecule has 1 aliphatic rings. The van der Waals surface area contributed by atoms with Crippen LogP contribution in [0.3, 0.4) is 0 Å². The van der Waals surface area contributed by atoms with Crippen LogP contribution in [-0.2, 0) is 11.3 Å². The van der Waals surface area contributed by atoms with Gasteiger partial charge in [0.15, 0.2) is 0 Å². The maximum Gasteiger partial charge on any atom is 0.335 e. The lowest BCUT2D eigenvalue weighted by atomic mass is 10.1. The monoisotopic (exact) mass is 453 g/mol. The molecule has 2 amide bonds. The smallest absolute Gasteiger partial charge is 0.335 e. The fourth-order valence-corrected chi connectivity index (χ4v) is 4.17. The summed E-state index contributed by atoms with van der Waals surface area (Å²) in [5, 5.41) is 9.18. The van der Waals surface area contributed by atoms with Gasteiger partial charge in [-0.1, -0.05) is 35.9 Å². The first kappa shape index (κ1) is 21.0. The van der Waals surface area contributed by atoms with E-state index in [1.807, 2.05) is 31.2 Å². The van der Waals surface area contributed by atoms with Crippen molar-refractivity contribution in [2.24, 2.45) is 0 Å². The van der Waals surface area contributed by atoms with Gasteiger partial charge in [-0.25, -0.2) is 4.79 Å². The van der Waals surface area contributed by atoms with Crippen LogP contribution in [0.15, 0.2) is 63.9 Å². The van der Waals surface area contributed by atoms with Crippen molar-refractivity contribution in [2.45, 2.75) is 13.5 Å². The quantitative estimate of drug-likeness (QED) is 0.488. The minimum atomic E-state index is -1.08. The second kappa shape index (κ2) is 8.45. The lowest BCUT2D eigenvalue weighted by Crippen LogP contribution is -2.27. The van der Waals surface area contributed by atoms with Gasteiger partial charge in [0.05, 0.1) is 22.0 Å². The Balaban J connectivity index is 1.58. The number of thioether (sulfide) groups is 1. The highest BCUT2D eigenvalue weighted by molar-refractivity contribution is 8.18. The van der Waals surface area contributed by atoms with E-state index in [0.29, 0.717) is 22.1 Å². The number of halogens is 1. The van der Waals surface area contributed by atoms with E-state index in [1.54, 1.807) is 12.1 Å². The molecule has 1 aliphatic heterocycles. The van der Waals surface area contributed by atoms with Gasteiger partial charge in [0.25, 0.3) is 11.1 Å². The highest BCUT2D eigenvalue weighted by atomic mass is 35.5. The molecule has 4 rings (SSSR count). The van der Waals surface area contributed by atoms with Gasteiger partial charge in [0.2, 0.25) is 0 Å². The number of hydrogen-bond acceptors (Lipinski definition) is 5. The van der Waals surface area contributed by atoms with Crippen molar-refractivity contribution < 1.29 is 23.9 Å². The molecule has 0 spiro atoms. The maximum atomic E-state index is 12.8. The van der Waals surface area contributed by atoms with Gasteiger partial charge in [0.1, 0.15) is 11.5 Å². The predicted molar refractivity (Wildman–Crippen MR) is 119 cm³/mol. The Bertz CT molecular complexity index is 1250. The van der Waals surface area contributed by atoms with Crippen LogP contribution in [0.4, 0.5) is 4.79 Å². The van der Waals surface area contributed by atoms with Crippen molar-refractivity contribution in [3.63, 3.8) is 0 Å². The van der Waals surface area contributed by atoms with Crippen molar-refractivity contribution in [1.29, 1.82) is 0 Å².